The summed E-state index contributed by atoms with van der Waals surface area (Å²) in [5.41, 5.74) is 1.79. The Morgan fingerprint density at radius 1 is 1.07 bits per heavy atom. The van der Waals surface area contributed by atoms with Crippen LogP contribution in [0.25, 0.3) is 0 Å². The highest BCUT2D eigenvalue weighted by molar-refractivity contribution is 7.14. The first kappa shape index (κ1) is 19.7. The maximum atomic E-state index is 12.2. The number of hydrogen-bond acceptors (Lipinski definition) is 5. The van der Waals surface area contributed by atoms with Crippen molar-refractivity contribution in [2.45, 2.75) is 6.42 Å². The highest BCUT2D eigenvalue weighted by atomic mass is 35.5. The number of benzene rings is 2. The molecule has 0 aliphatic carbocycles. The predicted molar refractivity (Wildman–Crippen MR) is 112 cm³/mol. The summed E-state index contributed by atoms with van der Waals surface area (Å²) in [6.07, 6.45) is 0.0716. The highest BCUT2D eigenvalue weighted by Crippen LogP contribution is 2.27. The molecule has 3 rings (SSSR count). The zero-order chi connectivity index (χ0) is 19.9. The molecule has 0 saturated heterocycles. The van der Waals surface area contributed by atoms with Crippen LogP contribution in [0.5, 0.6) is 5.75 Å². The van der Waals surface area contributed by atoms with E-state index < -0.39 is 6.03 Å². The molecule has 144 valence electrons. The fraction of sp³-hybridized carbons (Fsp3) is 0.105. The van der Waals surface area contributed by atoms with E-state index in [9.17, 15) is 9.59 Å². The van der Waals surface area contributed by atoms with Gasteiger partial charge in [0.1, 0.15) is 5.75 Å². The first-order chi connectivity index (χ1) is 13.5. The van der Waals surface area contributed by atoms with Crippen molar-refractivity contribution in [3.8, 4) is 5.75 Å². The van der Waals surface area contributed by atoms with Gasteiger partial charge in [-0.3, -0.25) is 10.1 Å². The highest BCUT2D eigenvalue weighted by Gasteiger charge is 2.11. The Kier molecular flexibility index (Phi) is 6.46. The lowest BCUT2D eigenvalue weighted by molar-refractivity contribution is -0.115. The molecule has 1 aromatic heterocycles. The van der Waals surface area contributed by atoms with Gasteiger partial charge in [-0.1, -0.05) is 29.8 Å². The second-order valence-electron chi connectivity index (χ2n) is 5.66. The van der Waals surface area contributed by atoms with E-state index in [-0.39, 0.29) is 12.3 Å². The van der Waals surface area contributed by atoms with Crippen molar-refractivity contribution in [2.75, 3.05) is 23.1 Å². The molecule has 2 aromatic carbocycles. The molecule has 0 saturated carbocycles. The number of rotatable bonds is 6. The largest absolute Gasteiger partial charge is 0.495 e. The van der Waals surface area contributed by atoms with Crippen molar-refractivity contribution in [3.05, 3.63) is 64.6 Å². The van der Waals surface area contributed by atoms with Crippen molar-refractivity contribution in [3.63, 3.8) is 0 Å². The van der Waals surface area contributed by atoms with Gasteiger partial charge in [0, 0.05) is 16.8 Å². The monoisotopic (exact) mass is 416 g/mol. The third-order valence-corrected chi connectivity index (χ3v) is 4.68. The van der Waals surface area contributed by atoms with Gasteiger partial charge in [-0.25, -0.2) is 9.78 Å². The molecule has 28 heavy (non-hydrogen) atoms. The first-order valence-electron chi connectivity index (χ1n) is 8.24. The van der Waals surface area contributed by atoms with Gasteiger partial charge in [-0.15, -0.1) is 11.3 Å². The van der Waals surface area contributed by atoms with Crippen molar-refractivity contribution in [1.29, 1.82) is 0 Å². The van der Waals surface area contributed by atoms with Gasteiger partial charge in [0.05, 0.1) is 24.2 Å². The number of carbonyl (C=O) groups excluding carboxylic acids is 2. The molecule has 0 radical (unpaired) electrons. The van der Waals surface area contributed by atoms with E-state index in [1.165, 1.54) is 18.4 Å². The van der Waals surface area contributed by atoms with Gasteiger partial charge < -0.3 is 15.4 Å². The fourth-order valence-electron chi connectivity index (χ4n) is 2.34. The number of urea groups is 1. The van der Waals surface area contributed by atoms with Gasteiger partial charge in [0.15, 0.2) is 5.13 Å². The van der Waals surface area contributed by atoms with Gasteiger partial charge in [0.2, 0.25) is 5.91 Å². The number of halogens is 1. The number of carbonyl (C=O) groups is 2. The van der Waals surface area contributed by atoms with Gasteiger partial charge in [-0.05, 0) is 30.3 Å². The molecule has 1 heterocycles. The number of methoxy groups -OCH3 is 1. The van der Waals surface area contributed by atoms with Crippen LogP contribution < -0.4 is 20.7 Å². The summed E-state index contributed by atoms with van der Waals surface area (Å²) in [5, 5.41) is 10.6. The Morgan fingerprint density at radius 2 is 1.86 bits per heavy atom. The molecule has 0 unspecified atom stereocenters. The number of nitrogens with zero attached hydrogens (tertiary/aromatic N) is 1. The summed E-state index contributed by atoms with van der Waals surface area (Å²) in [6.45, 7) is 0. The van der Waals surface area contributed by atoms with Gasteiger partial charge >= 0.3 is 6.03 Å². The number of nitrogens with one attached hydrogen (secondary N) is 3. The summed E-state index contributed by atoms with van der Waals surface area (Å²) < 4.78 is 5.08. The molecule has 3 aromatic rings. The minimum absolute atomic E-state index is 0.0716. The second kappa shape index (κ2) is 9.20. The number of amides is 3. The van der Waals surface area contributed by atoms with Gasteiger partial charge in [0.25, 0.3) is 0 Å². The number of hydrogen-bond donors (Lipinski definition) is 3. The minimum atomic E-state index is -0.399. The molecular formula is C19H17ClN4O3S. The Labute approximate surface area is 170 Å². The van der Waals surface area contributed by atoms with Crippen molar-refractivity contribution in [1.82, 2.24) is 4.98 Å². The zero-order valence-electron chi connectivity index (χ0n) is 14.9. The third-order valence-electron chi connectivity index (χ3n) is 3.58. The Morgan fingerprint density at radius 3 is 2.57 bits per heavy atom. The SMILES string of the molecule is COc1ccc(NC(=O)Cc2csc(NC(=O)Nc3ccccc3)n2)cc1Cl. The molecule has 3 N–H and O–H groups in total. The van der Waals surface area contributed by atoms with E-state index in [4.69, 9.17) is 16.3 Å². The molecule has 0 bridgehead atoms. The van der Waals surface area contributed by atoms with Crippen LogP contribution >= 0.6 is 22.9 Å². The van der Waals surface area contributed by atoms with Crippen LogP contribution in [0.3, 0.4) is 0 Å². The van der Waals surface area contributed by atoms with Crippen LogP contribution in [0, 0.1) is 0 Å². The Bertz CT molecular complexity index is 978. The van der Waals surface area contributed by atoms with Crippen LogP contribution in [-0.2, 0) is 11.2 Å². The van der Waals surface area contributed by atoms with Crippen molar-refractivity contribution >= 4 is 51.4 Å². The summed E-state index contributed by atoms with van der Waals surface area (Å²) in [5.74, 6) is 0.287. The molecule has 0 fully saturated rings. The van der Waals surface area contributed by atoms with E-state index in [0.717, 1.165) is 0 Å². The molecule has 0 aliphatic heterocycles. The summed E-state index contributed by atoms with van der Waals surface area (Å²) in [6, 6.07) is 13.7. The number of thiazole rings is 1. The Hall–Kier alpha value is -3.10. The van der Waals surface area contributed by atoms with E-state index in [0.29, 0.717) is 33.0 Å². The minimum Gasteiger partial charge on any atom is -0.495 e. The molecule has 0 spiro atoms. The van der Waals surface area contributed by atoms with E-state index in [1.807, 2.05) is 18.2 Å². The molecular weight excluding hydrogens is 400 g/mol. The summed E-state index contributed by atoms with van der Waals surface area (Å²) in [7, 11) is 1.52. The number of anilines is 3. The molecule has 0 atom stereocenters. The van der Waals surface area contributed by atoms with E-state index >= 15 is 0 Å². The molecule has 3 amide bonds. The Balaban J connectivity index is 1.53. The first-order valence-corrected chi connectivity index (χ1v) is 9.50. The van der Waals surface area contributed by atoms with Crippen molar-refractivity contribution in [2.24, 2.45) is 0 Å². The zero-order valence-corrected chi connectivity index (χ0v) is 16.4. The second-order valence-corrected chi connectivity index (χ2v) is 6.93. The number of aromatic nitrogens is 1. The van der Waals surface area contributed by atoms with Crippen LogP contribution in [0.1, 0.15) is 5.69 Å². The van der Waals surface area contributed by atoms with E-state index in [2.05, 4.69) is 20.9 Å². The number of para-hydroxylation sites is 1. The van der Waals surface area contributed by atoms with Crippen LogP contribution in [0.2, 0.25) is 5.02 Å². The topological polar surface area (TPSA) is 92.4 Å². The standard InChI is InChI=1S/C19H17ClN4O3S/c1-27-16-8-7-13(9-15(16)20)21-17(25)10-14-11-28-19(23-14)24-18(26)22-12-5-3-2-4-6-12/h2-9,11H,10H2,1H3,(H,21,25)(H2,22,23,24,26). The maximum Gasteiger partial charge on any atom is 0.325 e. The average Bonchev–Trinajstić information content (AvgIpc) is 3.09. The smallest absolute Gasteiger partial charge is 0.325 e. The lowest BCUT2D eigenvalue weighted by Gasteiger charge is -2.07. The maximum absolute atomic E-state index is 12.2. The van der Waals surface area contributed by atoms with Crippen LogP contribution in [0.15, 0.2) is 53.9 Å². The predicted octanol–water partition coefficient (Wildman–Crippen LogP) is 4.63. The van der Waals surface area contributed by atoms with Crippen LogP contribution in [-0.4, -0.2) is 24.0 Å². The lowest BCUT2D eigenvalue weighted by Crippen LogP contribution is -2.19. The molecule has 9 heteroatoms. The van der Waals surface area contributed by atoms with Crippen LogP contribution in [0.4, 0.5) is 21.3 Å². The average molecular weight is 417 g/mol. The lowest BCUT2D eigenvalue weighted by atomic mass is 10.2. The fourth-order valence-corrected chi connectivity index (χ4v) is 3.30. The summed E-state index contributed by atoms with van der Waals surface area (Å²) >= 11 is 7.29. The van der Waals surface area contributed by atoms with Gasteiger partial charge in [-0.2, -0.15) is 0 Å². The normalized spacial score (nSPS) is 10.2. The summed E-state index contributed by atoms with van der Waals surface area (Å²) in [4.78, 5) is 28.4. The molecule has 7 nitrogen and oxygen atoms in total. The quantitative estimate of drug-likeness (QED) is 0.546. The third kappa shape index (κ3) is 5.45. The van der Waals surface area contributed by atoms with Crippen molar-refractivity contribution < 1.29 is 14.3 Å². The number of ether oxygens (including phenoxy) is 1. The van der Waals surface area contributed by atoms with E-state index in [1.54, 1.807) is 35.7 Å². The molecule has 0 aliphatic rings.